The van der Waals surface area contributed by atoms with Crippen LogP contribution >= 0.6 is 0 Å². The molecule has 0 saturated carbocycles. The molecule has 1 heterocycles. The second-order valence-corrected chi connectivity index (χ2v) is 5.45. The zero-order valence-corrected chi connectivity index (χ0v) is 10.3. The first kappa shape index (κ1) is 13.2. The molecule has 1 saturated heterocycles. The third-order valence-electron chi connectivity index (χ3n) is 2.75. The number of hydrogen-bond acceptors (Lipinski definition) is 3. The maximum Gasteiger partial charge on any atom is 0.410 e. The average Bonchev–Trinajstić information content (AvgIpc) is 2.41. The Labute approximate surface area is 95.4 Å². The van der Waals surface area contributed by atoms with Crippen molar-refractivity contribution in [3.8, 4) is 0 Å². The van der Waals surface area contributed by atoms with Gasteiger partial charge in [0.15, 0.2) is 5.67 Å². The highest BCUT2D eigenvalue weighted by Gasteiger charge is 2.46. The molecule has 1 amide bonds. The molecule has 94 valence electrons. The Morgan fingerprint density at radius 3 is 2.56 bits per heavy atom. The molecule has 2 atom stereocenters. The lowest BCUT2D eigenvalue weighted by Crippen LogP contribution is -2.39. The molecule has 1 aliphatic rings. The van der Waals surface area contributed by atoms with Gasteiger partial charge in [0.05, 0.1) is 13.2 Å². The van der Waals surface area contributed by atoms with Crippen LogP contribution in [0.5, 0.6) is 0 Å². The van der Waals surface area contributed by atoms with Crippen LogP contribution in [0.25, 0.3) is 0 Å². The van der Waals surface area contributed by atoms with E-state index in [0.717, 1.165) is 0 Å². The lowest BCUT2D eigenvalue weighted by atomic mass is 9.96. The van der Waals surface area contributed by atoms with Gasteiger partial charge in [0, 0.05) is 12.5 Å². The SMILES string of the molecule is C[C@H]1CN(C(=O)OC(C)(C)C)C[C@]1(F)CO. The molecule has 1 aliphatic heterocycles. The number of alkyl halides is 1. The Morgan fingerprint density at radius 2 is 2.19 bits per heavy atom. The van der Waals surface area contributed by atoms with Crippen molar-refractivity contribution in [3.05, 3.63) is 0 Å². The fourth-order valence-corrected chi connectivity index (χ4v) is 1.70. The van der Waals surface area contributed by atoms with E-state index in [2.05, 4.69) is 0 Å². The molecular formula is C11H20FNO3. The minimum atomic E-state index is -1.70. The third kappa shape index (κ3) is 2.84. The van der Waals surface area contributed by atoms with Crippen molar-refractivity contribution >= 4 is 6.09 Å². The fourth-order valence-electron chi connectivity index (χ4n) is 1.70. The van der Waals surface area contributed by atoms with Crippen molar-refractivity contribution in [1.29, 1.82) is 0 Å². The molecular weight excluding hydrogens is 213 g/mol. The summed E-state index contributed by atoms with van der Waals surface area (Å²) >= 11 is 0. The average molecular weight is 233 g/mol. The van der Waals surface area contributed by atoms with E-state index >= 15 is 0 Å². The van der Waals surface area contributed by atoms with Crippen LogP contribution in [0.1, 0.15) is 27.7 Å². The standard InChI is InChI=1S/C11H20FNO3/c1-8-5-13(6-11(8,12)7-14)9(15)16-10(2,3)4/h8,14H,5-7H2,1-4H3/t8-,11-/m0/s1. The van der Waals surface area contributed by atoms with E-state index in [1.807, 2.05) is 0 Å². The number of hydrogen-bond donors (Lipinski definition) is 1. The summed E-state index contributed by atoms with van der Waals surface area (Å²) in [4.78, 5) is 13.0. The van der Waals surface area contributed by atoms with Gasteiger partial charge in [0.25, 0.3) is 0 Å². The minimum absolute atomic E-state index is 0.0976. The fraction of sp³-hybridized carbons (Fsp3) is 0.909. The quantitative estimate of drug-likeness (QED) is 0.748. The highest BCUT2D eigenvalue weighted by Crippen LogP contribution is 2.31. The first-order chi connectivity index (χ1) is 7.18. The smallest absolute Gasteiger partial charge is 0.410 e. The molecule has 0 aromatic heterocycles. The van der Waals surface area contributed by atoms with Gasteiger partial charge in [-0.05, 0) is 20.8 Å². The number of carbonyl (C=O) groups is 1. The molecule has 0 radical (unpaired) electrons. The molecule has 1 N–H and O–H groups in total. The number of halogens is 1. The van der Waals surface area contributed by atoms with E-state index in [-0.39, 0.29) is 19.0 Å². The molecule has 1 fully saturated rings. The summed E-state index contributed by atoms with van der Waals surface area (Å²) in [5.41, 5.74) is -2.28. The molecule has 1 rings (SSSR count). The van der Waals surface area contributed by atoms with Gasteiger partial charge < -0.3 is 14.7 Å². The van der Waals surface area contributed by atoms with E-state index in [1.54, 1.807) is 27.7 Å². The van der Waals surface area contributed by atoms with Gasteiger partial charge in [-0.2, -0.15) is 0 Å². The number of aliphatic hydroxyl groups excluding tert-OH is 1. The van der Waals surface area contributed by atoms with E-state index in [9.17, 15) is 9.18 Å². The molecule has 5 heteroatoms. The van der Waals surface area contributed by atoms with Crippen molar-refractivity contribution in [1.82, 2.24) is 4.90 Å². The number of amides is 1. The van der Waals surface area contributed by atoms with Crippen LogP contribution in [-0.2, 0) is 4.74 Å². The van der Waals surface area contributed by atoms with Gasteiger partial charge in [0.2, 0.25) is 0 Å². The second kappa shape index (κ2) is 4.20. The van der Waals surface area contributed by atoms with Crippen LogP contribution in [0.15, 0.2) is 0 Å². The number of nitrogens with zero attached hydrogens (tertiary/aromatic N) is 1. The summed E-state index contributed by atoms with van der Waals surface area (Å²) in [7, 11) is 0. The first-order valence-electron chi connectivity index (χ1n) is 5.46. The van der Waals surface area contributed by atoms with Crippen LogP contribution in [0, 0.1) is 5.92 Å². The van der Waals surface area contributed by atoms with E-state index in [4.69, 9.17) is 9.84 Å². The van der Waals surface area contributed by atoms with Gasteiger partial charge in [-0.25, -0.2) is 9.18 Å². The summed E-state index contributed by atoms with van der Waals surface area (Å²) in [6, 6.07) is 0. The predicted octanol–water partition coefficient (Wildman–Crippen LogP) is 1.57. The van der Waals surface area contributed by atoms with Gasteiger partial charge in [-0.3, -0.25) is 0 Å². The zero-order valence-electron chi connectivity index (χ0n) is 10.3. The topological polar surface area (TPSA) is 49.8 Å². The number of likely N-dealkylation sites (tertiary alicyclic amines) is 1. The number of rotatable bonds is 1. The van der Waals surface area contributed by atoms with E-state index < -0.39 is 24.0 Å². The first-order valence-corrected chi connectivity index (χ1v) is 5.46. The van der Waals surface area contributed by atoms with Crippen LogP contribution in [0.2, 0.25) is 0 Å². The third-order valence-corrected chi connectivity index (χ3v) is 2.75. The largest absolute Gasteiger partial charge is 0.444 e. The maximum atomic E-state index is 14.0. The summed E-state index contributed by atoms with van der Waals surface area (Å²) in [5.74, 6) is -0.370. The Morgan fingerprint density at radius 1 is 1.62 bits per heavy atom. The van der Waals surface area contributed by atoms with E-state index in [0.29, 0.717) is 0 Å². The Kier molecular flexibility index (Phi) is 3.47. The molecule has 16 heavy (non-hydrogen) atoms. The second-order valence-electron chi connectivity index (χ2n) is 5.45. The summed E-state index contributed by atoms with van der Waals surface area (Å²) in [5, 5.41) is 8.97. The van der Waals surface area contributed by atoms with Gasteiger partial charge in [-0.1, -0.05) is 6.92 Å². The van der Waals surface area contributed by atoms with Gasteiger partial charge >= 0.3 is 6.09 Å². The van der Waals surface area contributed by atoms with Crippen LogP contribution in [0.4, 0.5) is 9.18 Å². The van der Waals surface area contributed by atoms with Crippen molar-refractivity contribution in [2.45, 2.75) is 39.0 Å². The zero-order chi connectivity index (χ0) is 12.6. The lowest BCUT2D eigenvalue weighted by molar-refractivity contribution is 0.0202. The van der Waals surface area contributed by atoms with Crippen LogP contribution < -0.4 is 0 Å². The number of ether oxygens (including phenoxy) is 1. The molecule has 0 spiro atoms. The molecule has 0 aromatic carbocycles. The highest BCUT2D eigenvalue weighted by atomic mass is 19.1. The molecule has 0 bridgehead atoms. The summed E-state index contributed by atoms with van der Waals surface area (Å²) in [6.45, 7) is 6.59. The predicted molar refractivity (Wildman–Crippen MR) is 57.9 cm³/mol. The van der Waals surface area contributed by atoms with Crippen molar-refractivity contribution in [3.63, 3.8) is 0 Å². The monoisotopic (exact) mass is 233 g/mol. The van der Waals surface area contributed by atoms with Gasteiger partial charge in [-0.15, -0.1) is 0 Å². The van der Waals surface area contributed by atoms with Crippen molar-refractivity contribution < 1.29 is 19.0 Å². The minimum Gasteiger partial charge on any atom is -0.444 e. The lowest BCUT2D eigenvalue weighted by Gasteiger charge is -2.25. The van der Waals surface area contributed by atoms with Crippen molar-refractivity contribution in [2.75, 3.05) is 19.7 Å². The normalized spacial score (nSPS) is 30.6. The maximum absolute atomic E-state index is 14.0. The Balaban J connectivity index is 2.62. The Hall–Kier alpha value is -0.840. The number of carbonyl (C=O) groups excluding carboxylic acids is 1. The highest BCUT2D eigenvalue weighted by molar-refractivity contribution is 5.68. The Bertz CT molecular complexity index is 277. The summed E-state index contributed by atoms with van der Waals surface area (Å²) in [6.07, 6.45) is -0.521. The van der Waals surface area contributed by atoms with Crippen LogP contribution in [-0.4, -0.2) is 47.1 Å². The van der Waals surface area contributed by atoms with Crippen molar-refractivity contribution in [2.24, 2.45) is 5.92 Å². The molecule has 4 nitrogen and oxygen atoms in total. The van der Waals surface area contributed by atoms with Crippen LogP contribution in [0.3, 0.4) is 0 Å². The number of aliphatic hydroxyl groups is 1. The molecule has 0 aromatic rings. The molecule has 0 unspecified atom stereocenters. The summed E-state index contributed by atoms with van der Waals surface area (Å²) < 4.78 is 19.1. The van der Waals surface area contributed by atoms with Gasteiger partial charge in [0.1, 0.15) is 5.60 Å². The molecule has 0 aliphatic carbocycles. The van der Waals surface area contributed by atoms with E-state index in [1.165, 1.54) is 4.90 Å².